The maximum absolute atomic E-state index is 12.1. The number of anilines is 1. The first kappa shape index (κ1) is 17.0. The topological polar surface area (TPSA) is 117 Å². The summed E-state index contributed by atoms with van der Waals surface area (Å²) >= 11 is 0. The summed E-state index contributed by atoms with van der Waals surface area (Å²) in [4.78, 5) is 22.2. The molecule has 1 saturated heterocycles. The number of nitro groups is 1. The number of carbonyl (C=O) groups is 1. The molecule has 0 bridgehead atoms. The molecule has 2 aromatic carbocycles. The number of nitrogens with one attached hydrogen (secondary N) is 1. The van der Waals surface area contributed by atoms with E-state index in [4.69, 9.17) is 15.2 Å². The number of rotatable bonds is 6. The lowest BCUT2D eigenvalue weighted by molar-refractivity contribution is -0.391. The van der Waals surface area contributed by atoms with Crippen molar-refractivity contribution in [2.45, 2.75) is 25.0 Å². The van der Waals surface area contributed by atoms with Crippen molar-refractivity contribution in [1.82, 2.24) is 0 Å². The van der Waals surface area contributed by atoms with Crippen LogP contribution < -0.4 is 11.1 Å². The highest BCUT2D eigenvalue weighted by Crippen LogP contribution is 2.33. The van der Waals surface area contributed by atoms with E-state index in [0.29, 0.717) is 5.69 Å². The summed E-state index contributed by atoms with van der Waals surface area (Å²) in [6, 6.07) is 14.2. The predicted molar refractivity (Wildman–Crippen MR) is 89.5 cm³/mol. The fraction of sp³-hybridized carbons (Fsp3) is 0.235. The highest BCUT2D eigenvalue weighted by atomic mass is 16.9. The molecule has 130 valence electrons. The standard InChI is InChI=1S/C17H17N3O5/c18-14(10-15-24-17(25-15)11-4-2-1-3-5-11)16(21)19-12-6-8-13(9-7-12)20(22)23/h1-9,14-15,17H,10,18H2,(H,19,21)/t14-,15?,17?/m0/s1. The molecule has 0 aromatic heterocycles. The van der Waals surface area contributed by atoms with Gasteiger partial charge in [0, 0.05) is 29.8 Å². The van der Waals surface area contributed by atoms with Gasteiger partial charge in [0.05, 0.1) is 11.0 Å². The largest absolute Gasteiger partial charge is 0.325 e. The summed E-state index contributed by atoms with van der Waals surface area (Å²) in [5.41, 5.74) is 7.15. The number of amides is 1. The second-order valence-corrected chi connectivity index (χ2v) is 5.58. The normalized spacial score (nSPS) is 20.4. The van der Waals surface area contributed by atoms with Crippen molar-refractivity contribution in [3.8, 4) is 0 Å². The molecule has 0 unspecified atom stereocenters. The van der Waals surface area contributed by atoms with Crippen LogP contribution in [0.4, 0.5) is 11.4 Å². The van der Waals surface area contributed by atoms with E-state index in [2.05, 4.69) is 5.32 Å². The Labute approximate surface area is 143 Å². The zero-order valence-electron chi connectivity index (χ0n) is 13.2. The molecule has 1 fully saturated rings. The molecule has 25 heavy (non-hydrogen) atoms. The first-order valence-electron chi connectivity index (χ1n) is 7.69. The Morgan fingerprint density at radius 2 is 1.80 bits per heavy atom. The van der Waals surface area contributed by atoms with Gasteiger partial charge in [-0.3, -0.25) is 14.9 Å². The zero-order chi connectivity index (χ0) is 17.8. The third-order valence-electron chi connectivity index (χ3n) is 3.75. The van der Waals surface area contributed by atoms with Gasteiger partial charge in [-0.1, -0.05) is 30.3 Å². The molecule has 1 aliphatic heterocycles. The minimum Gasteiger partial charge on any atom is -0.325 e. The van der Waals surface area contributed by atoms with E-state index in [-0.39, 0.29) is 12.1 Å². The number of ether oxygens (including phenoxy) is 2. The Kier molecular flexibility index (Phi) is 5.03. The van der Waals surface area contributed by atoms with E-state index in [1.54, 1.807) is 0 Å². The molecule has 0 radical (unpaired) electrons. The molecule has 0 aliphatic carbocycles. The summed E-state index contributed by atoms with van der Waals surface area (Å²) in [7, 11) is 0. The minimum atomic E-state index is -0.822. The van der Waals surface area contributed by atoms with Crippen molar-refractivity contribution in [2.75, 3.05) is 5.32 Å². The van der Waals surface area contributed by atoms with Crippen LogP contribution in [0.15, 0.2) is 54.6 Å². The van der Waals surface area contributed by atoms with Crippen LogP contribution in [0, 0.1) is 10.1 Å². The van der Waals surface area contributed by atoms with Gasteiger partial charge in [0.2, 0.25) is 5.91 Å². The van der Waals surface area contributed by atoms with Gasteiger partial charge in [-0.05, 0) is 12.1 Å². The number of nitrogens with two attached hydrogens (primary N) is 1. The molecule has 1 heterocycles. The van der Waals surface area contributed by atoms with Crippen LogP contribution in [0.2, 0.25) is 0 Å². The third kappa shape index (κ3) is 4.18. The van der Waals surface area contributed by atoms with Crippen LogP contribution in [-0.2, 0) is 14.3 Å². The van der Waals surface area contributed by atoms with Gasteiger partial charge < -0.3 is 20.5 Å². The van der Waals surface area contributed by atoms with E-state index < -0.39 is 29.5 Å². The molecule has 8 nitrogen and oxygen atoms in total. The van der Waals surface area contributed by atoms with Crippen LogP contribution >= 0.6 is 0 Å². The van der Waals surface area contributed by atoms with E-state index in [1.807, 2.05) is 30.3 Å². The Balaban J connectivity index is 1.46. The number of nitro benzene ring substituents is 1. The number of nitrogens with zero attached hydrogens (tertiary/aromatic N) is 1. The quantitative estimate of drug-likeness (QED) is 0.614. The van der Waals surface area contributed by atoms with Crippen LogP contribution in [-0.4, -0.2) is 23.2 Å². The SMILES string of the molecule is N[C@@H](CC1OC(c2ccccc2)O1)C(=O)Nc1ccc([N+](=O)[O-])cc1. The lowest BCUT2D eigenvalue weighted by atomic mass is 10.1. The van der Waals surface area contributed by atoms with Crippen LogP contribution in [0.25, 0.3) is 0 Å². The van der Waals surface area contributed by atoms with Crippen molar-refractivity contribution in [3.63, 3.8) is 0 Å². The van der Waals surface area contributed by atoms with Crippen molar-refractivity contribution in [3.05, 3.63) is 70.3 Å². The van der Waals surface area contributed by atoms with Crippen molar-refractivity contribution in [2.24, 2.45) is 5.73 Å². The molecule has 1 aliphatic rings. The van der Waals surface area contributed by atoms with Crippen LogP contribution in [0.5, 0.6) is 0 Å². The fourth-order valence-electron chi connectivity index (χ4n) is 2.38. The predicted octanol–water partition coefficient (Wildman–Crippen LogP) is 2.32. The van der Waals surface area contributed by atoms with Crippen LogP contribution in [0.3, 0.4) is 0 Å². The Bertz CT molecular complexity index is 745. The average molecular weight is 343 g/mol. The Morgan fingerprint density at radius 1 is 1.16 bits per heavy atom. The highest BCUT2D eigenvalue weighted by molar-refractivity contribution is 5.94. The first-order chi connectivity index (χ1) is 12.0. The maximum Gasteiger partial charge on any atom is 0.269 e. The van der Waals surface area contributed by atoms with Crippen LogP contribution in [0.1, 0.15) is 18.3 Å². The second kappa shape index (κ2) is 7.39. The highest BCUT2D eigenvalue weighted by Gasteiger charge is 2.34. The smallest absolute Gasteiger partial charge is 0.269 e. The van der Waals surface area contributed by atoms with Gasteiger partial charge in [-0.25, -0.2) is 0 Å². The Morgan fingerprint density at radius 3 is 2.40 bits per heavy atom. The molecule has 8 heteroatoms. The summed E-state index contributed by atoms with van der Waals surface area (Å²) in [6.07, 6.45) is -0.763. The van der Waals surface area contributed by atoms with Gasteiger partial charge in [0.1, 0.15) is 0 Å². The van der Waals surface area contributed by atoms with Gasteiger partial charge in [-0.15, -0.1) is 0 Å². The number of hydrogen-bond acceptors (Lipinski definition) is 6. The molecule has 1 atom stereocenters. The van der Waals surface area contributed by atoms with Crippen molar-refractivity contribution >= 4 is 17.3 Å². The minimum absolute atomic E-state index is 0.0504. The first-order valence-corrected chi connectivity index (χ1v) is 7.69. The monoisotopic (exact) mass is 343 g/mol. The average Bonchev–Trinajstić information content (AvgIpc) is 2.58. The molecule has 3 rings (SSSR count). The molecule has 0 saturated carbocycles. The molecule has 0 spiro atoms. The summed E-state index contributed by atoms with van der Waals surface area (Å²) < 4.78 is 11.2. The van der Waals surface area contributed by atoms with Crippen molar-refractivity contribution in [1.29, 1.82) is 0 Å². The lowest BCUT2D eigenvalue weighted by Crippen LogP contribution is -2.44. The Hall–Kier alpha value is -2.81. The second-order valence-electron chi connectivity index (χ2n) is 5.58. The lowest BCUT2D eigenvalue weighted by Gasteiger charge is -2.37. The van der Waals surface area contributed by atoms with E-state index >= 15 is 0 Å². The number of benzene rings is 2. The van der Waals surface area contributed by atoms with E-state index in [9.17, 15) is 14.9 Å². The molecule has 3 N–H and O–H groups in total. The van der Waals surface area contributed by atoms with Gasteiger partial charge in [0.15, 0.2) is 12.6 Å². The van der Waals surface area contributed by atoms with Gasteiger partial charge in [0.25, 0.3) is 5.69 Å². The van der Waals surface area contributed by atoms with Crippen molar-refractivity contribution < 1.29 is 19.2 Å². The molecule has 2 aromatic rings. The maximum atomic E-state index is 12.1. The number of non-ortho nitro benzene ring substituents is 1. The van der Waals surface area contributed by atoms with Gasteiger partial charge >= 0.3 is 0 Å². The number of hydrogen-bond donors (Lipinski definition) is 2. The summed E-state index contributed by atoms with van der Waals surface area (Å²) in [5, 5.41) is 13.2. The fourth-order valence-corrected chi connectivity index (χ4v) is 2.38. The van der Waals surface area contributed by atoms with E-state index in [1.165, 1.54) is 24.3 Å². The summed E-state index contributed by atoms with van der Waals surface area (Å²) in [5.74, 6) is -0.413. The summed E-state index contributed by atoms with van der Waals surface area (Å²) in [6.45, 7) is 0. The van der Waals surface area contributed by atoms with E-state index in [0.717, 1.165) is 5.56 Å². The van der Waals surface area contributed by atoms with Gasteiger partial charge in [-0.2, -0.15) is 0 Å². The molecule has 1 amide bonds. The zero-order valence-corrected chi connectivity index (χ0v) is 13.2. The molecular weight excluding hydrogens is 326 g/mol. The molecular formula is C17H17N3O5. The number of carbonyl (C=O) groups excluding carboxylic acids is 1. The third-order valence-corrected chi connectivity index (χ3v) is 3.75.